The third kappa shape index (κ3) is 1.99. The molecule has 1 aliphatic rings. The summed E-state index contributed by atoms with van der Waals surface area (Å²) < 4.78 is 0. The van der Waals surface area contributed by atoms with E-state index in [1.165, 1.54) is 11.8 Å². The number of rotatable bonds is 0. The number of hydrogen-bond donors (Lipinski definition) is 1. The highest BCUT2D eigenvalue weighted by molar-refractivity contribution is 8.13. The highest BCUT2D eigenvalue weighted by Gasteiger charge is 2.15. The molecule has 0 spiro atoms. The molecule has 0 aromatic carbocycles. The second-order valence-electron chi connectivity index (χ2n) is 2.27. The summed E-state index contributed by atoms with van der Waals surface area (Å²) in [5, 5.41) is 3.52. The van der Waals surface area contributed by atoms with Crippen molar-refractivity contribution in [2.45, 2.75) is 6.92 Å². The Balaban J connectivity index is 2.41. The zero-order chi connectivity index (χ0) is 6.69. The summed E-state index contributed by atoms with van der Waals surface area (Å²) in [6, 6.07) is 0. The second-order valence-corrected chi connectivity index (χ2v) is 3.37. The van der Waals surface area contributed by atoms with Crippen LogP contribution in [0.5, 0.6) is 0 Å². The van der Waals surface area contributed by atoms with Gasteiger partial charge in [-0.3, -0.25) is 4.79 Å². The summed E-state index contributed by atoms with van der Waals surface area (Å²) in [7, 11) is 0. The van der Waals surface area contributed by atoms with Crippen molar-refractivity contribution in [1.29, 1.82) is 0 Å². The van der Waals surface area contributed by atoms with Crippen molar-refractivity contribution < 1.29 is 4.79 Å². The van der Waals surface area contributed by atoms with Gasteiger partial charge in [0.25, 0.3) is 0 Å². The molecule has 0 amide bonds. The first kappa shape index (κ1) is 7.09. The van der Waals surface area contributed by atoms with E-state index in [2.05, 4.69) is 5.32 Å². The zero-order valence-corrected chi connectivity index (χ0v) is 6.33. The van der Waals surface area contributed by atoms with Gasteiger partial charge in [0.15, 0.2) is 5.12 Å². The molecule has 0 aliphatic carbocycles. The number of hydrogen-bond acceptors (Lipinski definition) is 3. The van der Waals surface area contributed by atoms with Crippen molar-refractivity contribution in [3.05, 3.63) is 0 Å². The molecule has 1 rings (SSSR count). The van der Waals surface area contributed by atoms with Gasteiger partial charge < -0.3 is 5.32 Å². The predicted molar refractivity (Wildman–Crippen MR) is 39.5 cm³/mol. The van der Waals surface area contributed by atoms with E-state index in [4.69, 9.17) is 0 Å². The average molecular weight is 145 g/mol. The van der Waals surface area contributed by atoms with Gasteiger partial charge in [0, 0.05) is 24.8 Å². The topological polar surface area (TPSA) is 29.1 Å². The Bertz CT molecular complexity index is 116. The van der Waals surface area contributed by atoms with Crippen LogP contribution in [0.25, 0.3) is 0 Å². The van der Waals surface area contributed by atoms with E-state index in [-0.39, 0.29) is 5.92 Å². The third-order valence-corrected chi connectivity index (χ3v) is 2.47. The molecule has 1 aliphatic heterocycles. The lowest BCUT2D eigenvalue weighted by Crippen LogP contribution is -2.22. The SMILES string of the molecule is CC1CNCCSC1=O. The van der Waals surface area contributed by atoms with Gasteiger partial charge in [-0.15, -0.1) is 0 Å². The molecule has 9 heavy (non-hydrogen) atoms. The van der Waals surface area contributed by atoms with E-state index >= 15 is 0 Å². The maximum Gasteiger partial charge on any atom is 0.193 e. The Kier molecular flexibility index (Phi) is 2.54. The first-order valence-corrected chi connectivity index (χ1v) is 4.16. The fourth-order valence-corrected chi connectivity index (χ4v) is 1.58. The fourth-order valence-electron chi connectivity index (χ4n) is 0.768. The molecular formula is C6H11NOS. The minimum atomic E-state index is 0.206. The van der Waals surface area contributed by atoms with Crippen LogP contribution < -0.4 is 5.32 Å². The molecule has 1 fully saturated rings. The first-order valence-electron chi connectivity index (χ1n) is 3.18. The lowest BCUT2D eigenvalue weighted by Gasteiger charge is -2.02. The maximum absolute atomic E-state index is 10.9. The standard InChI is InChI=1S/C6H11NOS/c1-5-4-7-2-3-9-6(5)8/h5,7H,2-4H2,1H3. The minimum Gasteiger partial charge on any atom is -0.315 e. The summed E-state index contributed by atoms with van der Waals surface area (Å²) in [4.78, 5) is 10.9. The Labute approximate surface area is 59.4 Å². The molecule has 1 atom stereocenters. The van der Waals surface area contributed by atoms with Gasteiger partial charge in [0.05, 0.1) is 0 Å². The van der Waals surface area contributed by atoms with E-state index in [1.54, 1.807) is 0 Å². The summed E-state index contributed by atoms with van der Waals surface area (Å²) >= 11 is 1.45. The van der Waals surface area contributed by atoms with Gasteiger partial charge in [-0.1, -0.05) is 18.7 Å². The largest absolute Gasteiger partial charge is 0.315 e. The van der Waals surface area contributed by atoms with Crippen LogP contribution in [-0.2, 0) is 4.79 Å². The Morgan fingerprint density at radius 1 is 1.78 bits per heavy atom. The van der Waals surface area contributed by atoms with Crippen molar-refractivity contribution in [2.75, 3.05) is 18.8 Å². The van der Waals surface area contributed by atoms with Crippen molar-refractivity contribution in [3.63, 3.8) is 0 Å². The Morgan fingerprint density at radius 2 is 2.56 bits per heavy atom. The van der Waals surface area contributed by atoms with Gasteiger partial charge in [0.1, 0.15) is 0 Å². The quantitative estimate of drug-likeness (QED) is 0.537. The van der Waals surface area contributed by atoms with Crippen molar-refractivity contribution in [2.24, 2.45) is 5.92 Å². The average Bonchev–Trinajstić information content (AvgIpc) is 1.99. The summed E-state index contributed by atoms with van der Waals surface area (Å²) in [5.74, 6) is 1.14. The van der Waals surface area contributed by atoms with Crippen molar-refractivity contribution in [3.8, 4) is 0 Å². The fraction of sp³-hybridized carbons (Fsp3) is 0.833. The molecule has 0 aromatic rings. The van der Waals surface area contributed by atoms with Crippen LogP contribution >= 0.6 is 11.8 Å². The van der Waals surface area contributed by atoms with Crippen LogP contribution in [0.4, 0.5) is 0 Å². The molecule has 0 saturated carbocycles. The lowest BCUT2D eigenvalue weighted by molar-refractivity contribution is -0.113. The molecule has 52 valence electrons. The van der Waals surface area contributed by atoms with E-state index < -0.39 is 0 Å². The summed E-state index contributed by atoms with van der Waals surface area (Å²) in [6.07, 6.45) is 0. The van der Waals surface area contributed by atoms with Crippen LogP contribution in [0.3, 0.4) is 0 Å². The highest BCUT2D eigenvalue weighted by atomic mass is 32.2. The molecule has 1 saturated heterocycles. The van der Waals surface area contributed by atoms with Crippen LogP contribution in [0.1, 0.15) is 6.92 Å². The maximum atomic E-state index is 10.9. The Hall–Kier alpha value is -0.0200. The first-order chi connectivity index (χ1) is 4.30. The number of carbonyl (C=O) groups excluding carboxylic acids is 1. The zero-order valence-electron chi connectivity index (χ0n) is 5.52. The summed E-state index contributed by atoms with van der Waals surface area (Å²) in [5.41, 5.74) is 0. The molecule has 0 radical (unpaired) electrons. The number of nitrogens with one attached hydrogen (secondary N) is 1. The summed E-state index contributed by atoms with van der Waals surface area (Å²) in [6.45, 7) is 3.79. The second kappa shape index (κ2) is 3.22. The predicted octanol–water partition coefficient (Wildman–Crippen LogP) is 0.486. The lowest BCUT2D eigenvalue weighted by atomic mass is 10.2. The van der Waals surface area contributed by atoms with Gasteiger partial charge in [-0.2, -0.15) is 0 Å². The van der Waals surface area contributed by atoms with E-state index in [9.17, 15) is 4.79 Å². The smallest absolute Gasteiger partial charge is 0.193 e. The molecule has 1 N–H and O–H groups in total. The van der Waals surface area contributed by atoms with Crippen molar-refractivity contribution in [1.82, 2.24) is 5.32 Å². The normalized spacial score (nSPS) is 29.9. The third-order valence-electron chi connectivity index (χ3n) is 1.38. The van der Waals surface area contributed by atoms with E-state index in [0.29, 0.717) is 5.12 Å². The minimum absolute atomic E-state index is 0.206. The molecule has 0 bridgehead atoms. The molecular weight excluding hydrogens is 134 g/mol. The monoisotopic (exact) mass is 145 g/mol. The van der Waals surface area contributed by atoms with Gasteiger partial charge in [0.2, 0.25) is 0 Å². The highest BCUT2D eigenvalue weighted by Crippen LogP contribution is 2.11. The van der Waals surface area contributed by atoms with Crippen LogP contribution in [0, 0.1) is 5.92 Å². The number of thioether (sulfide) groups is 1. The van der Waals surface area contributed by atoms with E-state index in [1.807, 2.05) is 6.92 Å². The Morgan fingerprint density at radius 3 is 3.33 bits per heavy atom. The van der Waals surface area contributed by atoms with E-state index in [0.717, 1.165) is 18.8 Å². The molecule has 2 nitrogen and oxygen atoms in total. The molecule has 1 unspecified atom stereocenters. The van der Waals surface area contributed by atoms with Crippen molar-refractivity contribution >= 4 is 16.9 Å². The molecule has 3 heteroatoms. The molecule has 0 aromatic heterocycles. The molecule has 1 heterocycles. The van der Waals surface area contributed by atoms with Gasteiger partial charge in [-0.05, 0) is 0 Å². The van der Waals surface area contributed by atoms with Crippen LogP contribution in [0.15, 0.2) is 0 Å². The number of carbonyl (C=O) groups is 1. The van der Waals surface area contributed by atoms with Crippen LogP contribution in [-0.4, -0.2) is 24.0 Å². The van der Waals surface area contributed by atoms with Crippen LogP contribution in [0.2, 0.25) is 0 Å². The van der Waals surface area contributed by atoms with Gasteiger partial charge in [-0.25, -0.2) is 0 Å². The van der Waals surface area contributed by atoms with Gasteiger partial charge >= 0.3 is 0 Å².